The van der Waals surface area contributed by atoms with Crippen LogP contribution in [0.4, 0.5) is 0 Å². The Bertz CT molecular complexity index is 1400. The maximum Gasteiger partial charge on any atom is 0.266 e. The Morgan fingerprint density at radius 1 is 1.10 bits per heavy atom. The van der Waals surface area contributed by atoms with Crippen LogP contribution < -0.4 is 5.56 Å². The second-order valence-electron chi connectivity index (χ2n) is 6.35. The zero-order valence-corrected chi connectivity index (χ0v) is 17.7. The highest BCUT2D eigenvalue weighted by Crippen LogP contribution is 2.26. The van der Waals surface area contributed by atoms with Crippen LogP contribution in [0.1, 0.15) is 5.82 Å². The van der Waals surface area contributed by atoms with Crippen molar-refractivity contribution in [2.24, 2.45) is 0 Å². The lowest BCUT2D eigenvalue weighted by Crippen LogP contribution is -2.21. The first-order chi connectivity index (χ1) is 14.7. The Labute approximate surface area is 184 Å². The van der Waals surface area contributed by atoms with Gasteiger partial charge >= 0.3 is 0 Å². The fourth-order valence-electron chi connectivity index (χ4n) is 3.00. The molecule has 30 heavy (non-hydrogen) atoms. The van der Waals surface area contributed by atoms with E-state index in [4.69, 9.17) is 21.1 Å². The van der Waals surface area contributed by atoms with E-state index in [9.17, 15) is 4.79 Å². The minimum Gasteiger partial charge on any atom is -0.334 e. The first-order valence-corrected chi connectivity index (χ1v) is 11.3. The number of rotatable bonds is 5. The smallest absolute Gasteiger partial charge is 0.266 e. The van der Waals surface area contributed by atoms with Gasteiger partial charge in [0.05, 0.1) is 27.9 Å². The van der Waals surface area contributed by atoms with Gasteiger partial charge in [0.15, 0.2) is 11.0 Å². The minimum atomic E-state index is -0.155. The van der Waals surface area contributed by atoms with Crippen molar-refractivity contribution in [1.82, 2.24) is 19.7 Å². The molecule has 9 heteroatoms. The number of para-hydroxylation sites is 1. The van der Waals surface area contributed by atoms with Crippen molar-refractivity contribution >= 4 is 45.6 Å². The molecular formula is C21H13ClN4O2S2. The molecule has 5 rings (SSSR count). The molecule has 0 bridgehead atoms. The summed E-state index contributed by atoms with van der Waals surface area (Å²) in [6.07, 6.45) is 0. The number of thiophene rings is 1. The van der Waals surface area contributed by atoms with E-state index in [1.165, 1.54) is 11.8 Å². The molecule has 0 spiro atoms. The van der Waals surface area contributed by atoms with Crippen molar-refractivity contribution < 1.29 is 4.52 Å². The number of nitrogens with zero attached hydrogens (tertiary/aromatic N) is 4. The van der Waals surface area contributed by atoms with E-state index < -0.39 is 0 Å². The predicted octanol–water partition coefficient (Wildman–Crippen LogP) is 5.44. The lowest BCUT2D eigenvalue weighted by atomic mass is 10.2. The molecule has 6 nitrogen and oxygen atoms in total. The number of hydrogen-bond acceptors (Lipinski definition) is 7. The fraction of sp³-hybridized carbons (Fsp3) is 0.0476. The van der Waals surface area contributed by atoms with E-state index in [-0.39, 0.29) is 5.56 Å². The summed E-state index contributed by atoms with van der Waals surface area (Å²) in [6, 6.07) is 16.4. The molecule has 3 aromatic heterocycles. The number of thioether (sulfide) groups is 1. The monoisotopic (exact) mass is 452 g/mol. The van der Waals surface area contributed by atoms with Gasteiger partial charge in [-0.2, -0.15) is 16.3 Å². The van der Waals surface area contributed by atoms with Crippen LogP contribution >= 0.6 is 34.7 Å². The molecule has 0 atom stereocenters. The molecule has 0 saturated carbocycles. The van der Waals surface area contributed by atoms with Gasteiger partial charge in [0.2, 0.25) is 0 Å². The number of halogens is 1. The third kappa shape index (κ3) is 3.65. The van der Waals surface area contributed by atoms with E-state index in [2.05, 4.69) is 10.1 Å². The molecule has 0 saturated heterocycles. The summed E-state index contributed by atoms with van der Waals surface area (Å²) in [6.45, 7) is 0. The molecule has 5 aromatic rings. The van der Waals surface area contributed by atoms with Crippen molar-refractivity contribution in [3.05, 3.63) is 86.6 Å². The Kier molecular flexibility index (Phi) is 5.12. The topological polar surface area (TPSA) is 73.8 Å². The molecular weight excluding hydrogens is 440 g/mol. The maximum absolute atomic E-state index is 13.2. The summed E-state index contributed by atoms with van der Waals surface area (Å²) >= 11 is 9.10. The Morgan fingerprint density at radius 3 is 2.83 bits per heavy atom. The summed E-state index contributed by atoms with van der Waals surface area (Å²) in [5.41, 5.74) is 2.02. The summed E-state index contributed by atoms with van der Waals surface area (Å²) in [7, 11) is 0. The summed E-state index contributed by atoms with van der Waals surface area (Å²) < 4.78 is 6.92. The molecule has 0 radical (unpaired) electrons. The molecule has 0 aliphatic heterocycles. The van der Waals surface area contributed by atoms with Gasteiger partial charge in [-0.05, 0) is 41.8 Å². The number of hydrogen-bond donors (Lipinski definition) is 0. The van der Waals surface area contributed by atoms with Crippen LogP contribution in [0.5, 0.6) is 0 Å². The molecule has 0 aliphatic carbocycles. The average Bonchev–Trinajstić information content (AvgIpc) is 3.44. The van der Waals surface area contributed by atoms with E-state index in [0.29, 0.717) is 44.2 Å². The van der Waals surface area contributed by atoms with Crippen molar-refractivity contribution in [2.45, 2.75) is 10.9 Å². The Hall–Kier alpha value is -2.94. The zero-order valence-electron chi connectivity index (χ0n) is 15.4. The van der Waals surface area contributed by atoms with Gasteiger partial charge in [-0.1, -0.05) is 46.7 Å². The van der Waals surface area contributed by atoms with Crippen LogP contribution in [0.3, 0.4) is 0 Å². The van der Waals surface area contributed by atoms with Crippen molar-refractivity contribution in [3.8, 4) is 17.1 Å². The molecule has 0 unspecified atom stereocenters. The van der Waals surface area contributed by atoms with Crippen molar-refractivity contribution in [1.29, 1.82) is 0 Å². The molecule has 2 aromatic carbocycles. The van der Waals surface area contributed by atoms with Crippen LogP contribution in [0.25, 0.3) is 28.0 Å². The molecule has 0 amide bonds. The van der Waals surface area contributed by atoms with Crippen LogP contribution in [0.2, 0.25) is 5.02 Å². The lowest BCUT2D eigenvalue weighted by Gasteiger charge is -2.13. The van der Waals surface area contributed by atoms with Gasteiger partial charge < -0.3 is 4.52 Å². The van der Waals surface area contributed by atoms with E-state index in [1.807, 2.05) is 41.1 Å². The highest BCUT2D eigenvalue weighted by molar-refractivity contribution is 7.98. The quantitative estimate of drug-likeness (QED) is 0.261. The lowest BCUT2D eigenvalue weighted by molar-refractivity contribution is 0.425. The maximum atomic E-state index is 13.2. The molecule has 148 valence electrons. The van der Waals surface area contributed by atoms with E-state index >= 15 is 0 Å². The standard InChI is InChI=1S/C21H13ClN4O2S2/c22-14-4-3-5-15(10-14)26-20(27)16-6-1-2-7-17(16)23-21(26)30-12-18-24-19(28-25-18)13-8-9-29-11-13/h1-11H,12H2. The van der Waals surface area contributed by atoms with Gasteiger partial charge in [0.1, 0.15) is 0 Å². The third-order valence-electron chi connectivity index (χ3n) is 4.38. The molecule has 3 heterocycles. The molecule has 0 fully saturated rings. The van der Waals surface area contributed by atoms with Gasteiger partial charge in [0.25, 0.3) is 11.4 Å². The van der Waals surface area contributed by atoms with Gasteiger partial charge in [-0.25, -0.2) is 4.98 Å². The van der Waals surface area contributed by atoms with Crippen molar-refractivity contribution in [3.63, 3.8) is 0 Å². The van der Waals surface area contributed by atoms with Crippen molar-refractivity contribution in [2.75, 3.05) is 0 Å². The zero-order chi connectivity index (χ0) is 20.5. The van der Waals surface area contributed by atoms with E-state index in [0.717, 1.165) is 5.56 Å². The first-order valence-electron chi connectivity index (χ1n) is 8.95. The normalized spacial score (nSPS) is 11.2. The highest BCUT2D eigenvalue weighted by atomic mass is 35.5. The van der Waals surface area contributed by atoms with Gasteiger partial charge in [0, 0.05) is 10.4 Å². The van der Waals surface area contributed by atoms with Crippen LogP contribution in [0.15, 0.2) is 79.8 Å². The van der Waals surface area contributed by atoms with Gasteiger partial charge in [-0.15, -0.1) is 0 Å². The number of aromatic nitrogens is 4. The van der Waals surface area contributed by atoms with Crippen LogP contribution in [-0.4, -0.2) is 19.7 Å². The predicted molar refractivity (Wildman–Crippen MR) is 120 cm³/mol. The Balaban J connectivity index is 1.54. The molecule has 0 aliphatic rings. The highest BCUT2D eigenvalue weighted by Gasteiger charge is 2.16. The van der Waals surface area contributed by atoms with Crippen LogP contribution in [-0.2, 0) is 5.75 Å². The third-order valence-corrected chi connectivity index (χ3v) is 6.23. The summed E-state index contributed by atoms with van der Waals surface area (Å²) in [5, 5.41) is 9.57. The number of fused-ring (bicyclic) bond motifs is 1. The summed E-state index contributed by atoms with van der Waals surface area (Å²) in [4.78, 5) is 22.4. The minimum absolute atomic E-state index is 0.155. The second-order valence-corrected chi connectivity index (χ2v) is 8.51. The van der Waals surface area contributed by atoms with E-state index in [1.54, 1.807) is 40.2 Å². The van der Waals surface area contributed by atoms with Gasteiger partial charge in [-0.3, -0.25) is 9.36 Å². The first kappa shape index (κ1) is 19.0. The average molecular weight is 453 g/mol. The fourth-order valence-corrected chi connectivity index (χ4v) is 4.67. The summed E-state index contributed by atoms with van der Waals surface area (Å²) in [5.74, 6) is 1.41. The number of benzene rings is 2. The SMILES string of the molecule is O=c1c2ccccc2nc(SCc2noc(-c3ccsc3)n2)n1-c1cccc(Cl)c1. The van der Waals surface area contributed by atoms with Crippen LogP contribution in [0, 0.1) is 0 Å². The second kappa shape index (κ2) is 8.06. The Morgan fingerprint density at radius 2 is 2.00 bits per heavy atom. The largest absolute Gasteiger partial charge is 0.334 e. The molecule has 0 N–H and O–H groups in total.